The molecular weight excluding hydrogens is 391 g/mol. The molecule has 0 saturated carbocycles. The second-order valence-corrected chi connectivity index (χ2v) is 6.84. The number of carbonyl (C=O) groups is 2. The zero-order chi connectivity index (χ0) is 17.8. The number of nitrogens with zero attached hydrogens (tertiary/aromatic N) is 2. The van der Waals surface area contributed by atoms with Crippen LogP contribution in [0.4, 0.5) is 5.82 Å². The van der Waals surface area contributed by atoms with E-state index >= 15 is 0 Å². The fraction of sp³-hybridized carbons (Fsp3) is 0.611. The van der Waals surface area contributed by atoms with Gasteiger partial charge in [-0.2, -0.15) is 0 Å². The molecule has 3 heterocycles. The van der Waals surface area contributed by atoms with Gasteiger partial charge in [-0.1, -0.05) is 6.07 Å². The van der Waals surface area contributed by atoms with Crippen LogP contribution in [0.15, 0.2) is 18.2 Å². The topological polar surface area (TPSA) is 97.6 Å². The normalized spacial score (nSPS) is 24.5. The summed E-state index contributed by atoms with van der Waals surface area (Å²) in [5, 5.41) is 2.86. The Morgan fingerprint density at radius 2 is 2.07 bits per heavy atom. The Balaban J connectivity index is 0.00000182. The molecule has 9 heteroatoms. The van der Waals surface area contributed by atoms with Crippen molar-refractivity contribution in [3.8, 4) is 0 Å². The van der Waals surface area contributed by atoms with Gasteiger partial charge in [-0.05, 0) is 44.7 Å². The maximum atomic E-state index is 12.6. The van der Waals surface area contributed by atoms with E-state index in [1.165, 1.54) is 0 Å². The first-order valence-electron chi connectivity index (χ1n) is 8.95. The Morgan fingerprint density at radius 1 is 1.30 bits per heavy atom. The number of nitrogens with two attached hydrogens (primary N) is 1. The summed E-state index contributed by atoms with van der Waals surface area (Å²) in [4.78, 5) is 31.2. The molecule has 2 fully saturated rings. The monoisotopic (exact) mass is 418 g/mol. The fourth-order valence-electron chi connectivity index (χ4n) is 3.50. The number of aromatic nitrogens is 1. The van der Waals surface area contributed by atoms with E-state index in [1.807, 2.05) is 19.1 Å². The van der Waals surface area contributed by atoms with Crippen molar-refractivity contribution in [2.75, 3.05) is 25.0 Å². The molecule has 3 N–H and O–H groups in total. The zero-order valence-corrected chi connectivity index (χ0v) is 17.1. The van der Waals surface area contributed by atoms with Crippen LogP contribution in [0.1, 0.15) is 31.4 Å². The summed E-state index contributed by atoms with van der Waals surface area (Å²) >= 11 is 0. The summed E-state index contributed by atoms with van der Waals surface area (Å²) in [5.41, 5.74) is 6.46. The Hall–Kier alpha value is -1.41. The van der Waals surface area contributed by atoms with Crippen LogP contribution in [-0.2, 0) is 14.3 Å². The Bertz CT molecular complexity index is 647. The lowest BCUT2D eigenvalue weighted by Crippen LogP contribution is -2.47. The number of hydrogen-bond acceptors (Lipinski definition) is 5. The number of halogens is 2. The van der Waals surface area contributed by atoms with Crippen LogP contribution in [-0.4, -0.2) is 53.5 Å². The van der Waals surface area contributed by atoms with Gasteiger partial charge in [0.1, 0.15) is 11.9 Å². The van der Waals surface area contributed by atoms with E-state index in [0.717, 1.165) is 25.0 Å². The van der Waals surface area contributed by atoms with Crippen molar-refractivity contribution in [1.29, 1.82) is 0 Å². The quantitative estimate of drug-likeness (QED) is 0.777. The van der Waals surface area contributed by atoms with Gasteiger partial charge in [-0.25, -0.2) is 4.98 Å². The molecular formula is C18H28Cl2N4O3. The molecule has 2 saturated heterocycles. The molecule has 152 valence electrons. The number of piperidine rings is 1. The molecule has 1 aromatic heterocycles. The number of nitrogens with one attached hydrogen (secondary N) is 1. The maximum Gasteiger partial charge on any atom is 0.251 e. The number of aryl methyl sites for hydroxylation is 1. The predicted molar refractivity (Wildman–Crippen MR) is 108 cm³/mol. The highest BCUT2D eigenvalue weighted by molar-refractivity contribution is 5.92. The van der Waals surface area contributed by atoms with E-state index in [-0.39, 0.29) is 48.7 Å². The third-order valence-electron chi connectivity index (χ3n) is 4.89. The summed E-state index contributed by atoms with van der Waals surface area (Å²) in [7, 11) is 0. The summed E-state index contributed by atoms with van der Waals surface area (Å²) in [6.45, 7) is 3.44. The molecule has 0 aliphatic carbocycles. The molecule has 1 unspecified atom stereocenters. The number of carbonyl (C=O) groups excluding carboxylic acids is 2. The Kier molecular flexibility index (Phi) is 9.45. The number of rotatable bonds is 4. The average molecular weight is 419 g/mol. The summed E-state index contributed by atoms with van der Waals surface area (Å²) in [6, 6.07) is 5.52. The van der Waals surface area contributed by atoms with Crippen molar-refractivity contribution < 1.29 is 14.3 Å². The zero-order valence-electron chi connectivity index (χ0n) is 15.4. The van der Waals surface area contributed by atoms with Gasteiger partial charge in [0.2, 0.25) is 5.91 Å². The van der Waals surface area contributed by atoms with Gasteiger partial charge in [-0.3, -0.25) is 9.59 Å². The lowest BCUT2D eigenvalue weighted by atomic mass is 9.96. The average Bonchev–Trinajstić information content (AvgIpc) is 3.10. The number of anilines is 1. The van der Waals surface area contributed by atoms with Crippen molar-refractivity contribution in [2.45, 2.75) is 44.8 Å². The molecule has 7 nitrogen and oxygen atoms in total. The SMILES string of the molecule is Cc1cccc(NC(=O)C2CCCN(C(=O)[C@@H]3CC[C@H](CN)O3)C2)n1.Cl.Cl. The Labute approximate surface area is 172 Å². The molecule has 0 spiro atoms. The Morgan fingerprint density at radius 3 is 2.74 bits per heavy atom. The minimum atomic E-state index is -0.409. The highest BCUT2D eigenvalue weighted by atomic mass is 35.5. The smallest absolute Gasteiger partial charge is 0.251 e. The highest BCUT2D eigenvalue weighted by Crippen LogP contribution is 2.24. The second kappa shape index (κ2) is 10.8. The lowest BCUT2D eigenvalue weighted by Gasteiger charge is -2.33. The van der Waals surface area contributed by atoms with E-state index in [1.54, 1.807) is 11.0 Å². The number of pyridine rings is 1. The van der Waals surface area contributed by atoms with E-state index in [4.69, 9.17) is 10.5 Å². The van der Waals surface area contributed by atoms with Crippen LogP contribution < -0.4 is 11.1 Å². The van der Waals surface area contributed by atoms with Gasteiger partial charge < -0.3 is 20.7 Å². The van der Waals surface area contributed by atoms with Crippen molar-refractivity contribution in [3.63, 3.8) is 0 Å². The van der Waals surface area contributed by atoms with Crippen LogP contribution in [0.5, 0.6) is 0 Å². The molecule has 27 heavy (non-hydrogen) atoms. The van der Waals surface area contributed by atoms with Crippen molar-refractivity contribution in [2.24, 2.45) is 11.7 Å². The van der Waals surface area contributed by atoms with Gasteiger partial charge >= 0.3 is 0 Å². The molecule has 0 radical (unpaired) electrons. The number of ether oxygens (including phenoxy) is 1. The standard InChI is InChI=1S/C18H26N4O3.2ClH/c1-12-4-2-6-16(20-12)21-17(23)13-5-3-9-22(11-13)18(24)15-8-7-14(10-19)25-15;;/h2,4,6,13-15H,3,5,7-11,19H2,1H3,(H,20,21,23);2*1H/t13?,14-,15+;;/m1../s1. The highest BCUT2D eigenvalue weighted by Gasteiger charge is 2.36. The second-order valence-electron chi connectivity index (χ2n) is 6.84. The third kappa shape index (κ3) is 6.04. The van der Waals surface area contributed by atoms with Crippen molar-refractivity contribution >= 4 is 42.4 Å². The molecule has 1 aromatic rings. The number of likely N-dealkylation sites (tertiary alicyclic amines) is 1. The van der Waals surface area contributed by atoms with E-state index in [0.29, 0.717) is 31.9 Å². The van der Waals surface area contributed by atoms with Crippen molar-refractivity contribution in [1.82, 2.24) is 9.88 Å². The third-order valence-corrected chi connectivity index (χ3v) is 4.89. The van der Waals surface area contributed by atoms with Crippen LogP contribution in [0.25, 0.3) is 0 Å². The largest absolute Gasteiger partial charge is 0.364 e. The van der Waals surface area contributed by atoms with Crippen LogP contribution in [0.3, 0.4) is 0 Å². The minimum Gasteiger partial charge on any atom is -0.364 e. The predicted octanol–water partition coefficient (Wildman–Crippen LogP) is 1.92. The first-order valence-corrected chi connectivity index (χ1v) is 8.95. The minimum absolute atomic E-state index is 0. The van der Waals surface area contributed by atoms with Crippen LogP contribution in [0, 0.1) is 12.8 Å². The molecule has 3 atom stereocenters. The summed E-state index contributed by atoms with van der Waals surface area (Å²) in [5.74, 6) is 0.245. The van der Waals surface area contributed by atoms with Gasteiger partial charge in [-0.15, -0.1) is 24.8 Å². The molecule has 0 aromatic carbocycles. The van der Waals surface area contributed by atoms with Crippen molar-refractivity contribution in [3.05, 3.63) is 23.9 Å². The molecule has 2 aliphatic heterocycles. The van der Waals surface area contributed by atoms with Gasteiger partial charge in [0.05, 0.1) is 12.0 Å². The summed E-state index contributed by atoms with van der Waals surface area (Å²) < 4.78 is 5.70. The molecule has 2 aliphatic rings. The van der Waals surface area contributed by atoms with Crippen LogP contribution in [0.2, 0.25) is 0 Å². The van der Waals surface area contributed by atoms with E-state index in [2.05, 4.69) is 10.3 Å². The number of hydrogen-bond donors (Lipinski definition) is 2. The van der Waals surface area contributed by atoms with E-state index < -0.39 is 6.10 Å². The fourth-order valence-corrected chi connectivity index (χ4v) is 3.50. The van der Waals surface area contributed by atoms with E-state index in [9.17, 15) is 9.59 Å². The molecule has 3 rings (SSSR count). The van der Waals surface area contributed by atoms with Gasteiger partial charge in [0.15, 0.2) is 0 Å². The maximum absolute atomic E-state index is 12.6. The summed E-state index contributed by atoms with van der Waals surface area (Å²) in [6.07, 6.45) is 2.69. The number of amides is 2. The van der Waals surface area contributed by atoms with Crippen LogP contribution >= 0.6 is 24.8 Å². The molecule has 2 amide bonds. The first-order chi connectivity index (χ1) is 12.1. The lowest BCUT2D eigenvalue weighted by molar-refractivity contribution is -0.145. The van der Waals surface area contributed by atoms with Gasteiger partial charge in [0, 0.05) is 25.3 Å². The van der Waals surface area contributed by atoms with Gasteiger partial charge in [0.25, 0.3) is 5.91 Å². The first kappa shape index (κ1) is 23.6. The molecule has 0 bridgehead atoms.